The van der Waals surface area contributed by atoms with Crippen LogP contribution in [0.5, 0.6) is 0 Å². The molecule has 0 radical (unpaired) electrons. The van der Waals surface area contributed by atoms with Gasteiger partial charge in [-0.25, -0.2) is 13.1 Å². The zero-order chi connectivity index (χ0) is 21.5. The molecule has 1 aliphatic rings. The lowest BCUT2D eigenvalue weighted by Crippen LogP contribution is -2.52. The predicted molar refractivity (Wildman–Crippen MR) is 107 cm³/mol. The molecule has 164 valence electrons. The molecule has 11 heteroatoms. The lowest BCUT2D eigenvalue weighted by molar-refractivity contribution is -0.137. The van der Waals surface area contributed by atoms with Crippen LogP contribution in [0.2, 0.25) is 0 Å². The van der Waals surface area contributed by atoms with E-state index in [4.69, 9.17) is 0 Å². The summed E-state index contributed by atoms with van der Waals surface area (Å²) in [5.41, 5.74) is 0.210. The van der Waals surface area contributed by atoms with Crippen molar-refractivity contribution in [3.63, 3.8) is 0 Å². The second-order valence-electron chi connectivity index (χ2n) is 6.86. The average molecular weight is 436 g/mol. The third-order valence-corrected chi connectivity index (χ3v) is 5.16. The number of sulfonamides is 1. The van der Waals surface area contributed by atoms with Crippen molar-refractivity contribution in [2.24, 2.45) is 4.99 Å². The zero-order valence-corrected chi connectivity index (χ0v) is 17.5. The predicted octanol–water partition coefficient (Wildman–Crippen LogP) is 1.34. The SMILES string of the molecule is CCNC(=NCCNS(C)(=O)=O)N1CCN(Cc2ccc(C(F)(F)F)cc2)CC1. The molecule has 0 aliphatic carbocycles. The lowest BCUT2D eigenvalue weighted by Gasteiger charge is -2.36. The first-order valence-corrected chi connectivity index (χ1v) is 11.3. The number of aliphatic imine (C=N–C) groups is 1. The molecule has 29 heavy (non-hydrogen) atoms. The van der Waals surface area contributed by atoms with Crippen molar-refractivity contribution in [3.8, 4) is 0 Å². The minimum Gasteiger partial charge on any atom is -0.357 e. The van der Waals surface area contributed by atoms with Crippen molar-refractivity contribution >= 4 is 16.0 Å². The summed E-state index contributed by atoms with van der Waals surface area (Å²) in [6, 6.07) is 5.28. The van der Waals surface area contributed by atoms with Crippen LogP contribution in [0.15, 0.2) is 29.3 Å². The number of nitrogens with one attached hydrogen (secondary N) is 2. The van der Waals surface area contributed by atoms with Gasteiger partial charge in [-0.05, 0) is 24.6 Å². The average Bonchev–Trinajstić information content (AvgIpc) is 2.64. The maximum Gasteiger partial charge on any atom is 0.416 e. The number of halogens is 3. The number of rotatable bonds is 7. The van der Waals surface area contributed by atoms with Crippen molar-refractivity contribution in [1.82, 2.24) is 19.8 Å². The van der Waals surface area contributed by atoms with E-state index in [2.05, 4.69) is 24.8 Å². The molecule has 7 nitrogen and oxygen atoms in total. The van der Waals surface area contributed by atoms with Gasteiger partial charge >= 0.3 is 6.18 Å². The van der Waals surface area contributed by atoms with Crippen LogP contribution < -0.4 is 10.0 Å². The molecule has 2 rings (SSSR count). The van der Waals surface area contributed by atoms with Gasteiger partial charge in [0, 0.05) is 45.8 Å². The molecule has 0 spiro atoms. The number of nitrogens with zero attached hydrogens (tertiary/aromatic N) is 3. The Hall–Kier alpha value is -1.85. The van der Waals surface area contributed by atoms with Crippen molar-refractivity contribution in [3.05, 3.63) is 35.4 Å². The fourth-order valence-electron chi connectivity index (χ4n) is 2.99. The maximum atomic E-state index is 12.7. The van der Waals surface area contributed by atoms with Crippen LogP contribution in [0.1, 0.15) is 18.1 Å². The Morgan fingerprint density at radius 2 is 1.76 bits per heavy atom. The van der Waals surface area contributed by atoms with Crippen LogP contribution in [-0.4, -0.2) is 76.2 Å². The van der Waals surface area contributed by atoms with E-state index in [1.807, 2.05) is 6.92 Å². The topological polar surface area (TPSA) is 77.0 Å². The number of hydrogen-bond donors (Lipinski definition) is 2. The van der Waals surface area contributed by atoms with Crippen LogP contribution in [0.4, 0.5) is 13.2 Å². The minimum atomic E-state index is -4.32. The summed E-state index contributed by atoms with van der Waals surface area (Å²) in [6.07, 6.45) is -3.21. The first-order chi connectivity index (χ1) is 13.6. The van der Waals surface area contributed by atoms with Gasteiger partial charge in [0.05, 0.1) is 18.4 Å². The minimum absolute atomic E-state index is 0.238. The Labute approximate surface area is 170 Å². The summed E-state index contributed by atoms with van der Waals surface area (Å²) in [5, 5.41) is 3.21. The van der Waals surface area contributed by atoms with Gasteiger partial charge in [0.25, 0.3) is 0 Å². The third-order valence-electron chi connectivity index (χ3n) is 4.43. The number of hydrogen-bond acceptors (Lipinski definition) is 4. The molecule has 1 fully saturated rings. The van der Waals surface area contributed by atoms with E-state index in [1.54, 1.807) is 0 Å². The normalized spacial score (nSPS) is 16.9. The van der Waals surface area contributed by atoms with Crippen LogP contribution in [-0.2, 0) is 22.7 Å². The Morgan fingerprint density at radius 1 is 1.14 bits per heavy atom. The molecule has 1 saturated heterocycles. The van der Waals surface area contributed by atoms with Crippen LogP contribution >= 0.6 is 0 Å². The van der Waals surface area contributed by atoms with Crippen molar-refractivity contribution in [2.45, 2.75) is 19.6 Å². The Kier molecular flexibility index (Phi) is 8.29. The summed E-state index contributed by atoms with van der Waals surface area (Å²) in [5.74, 6) is 0.733. The number of alkyl halides is 3. The van der Waals surface area contributed by atoms with Crippen LogP contribution in [0, 0.1) is 0 Å². The Morgan fingerprint density at radius 3 is 2.28 bits per heavy atom. The number of guanidine groups is 1. The fraction of sp³-hybridized carbons (Fsp3) is 0.611. The molecule has 2 N–H and O–H groups in total. The van der Waals surface area contributed by atoms with E-state index >= 15 is 0 Å². The summed E-state index contributed by atoms with van der Waals surface area (Å²) in [7, 11) is -3.23. The summed E-state index contributed by atoms with van der Waals surface area (Å²) in [4.78, 5) is 8.75. The fourth-order valence-corrected chi connectivity index (χ4v) is 3.46. The van der Waals surface area contributed by atoms with Gasteiger partial charge < -0.3 is 10.2 Å². The molecule has 0 saturated carbocycles. The Bertz CT molecular complexity index is 774. The first-order valence-electron chi connectivity index (χ1n) is 9.45. The van der Waals surface area contributed by atoms with Gasteiger partial charge in [-0.1, -0.05) is 12.1 Å². The molecule has 0 atom stereocenters. The smallest absolute Gasteiger partial charge is 0.357 e. The van der Waals surface area contributed by atoms with Gasteiger partial charge in [0.2, 0.25) is 10.0 Å². The molecule has 1 aliphatic heterocycles. The van der Waals surface area contributed by atoms with Crippen LogP contribution in [0.3, 0.4) is 0 Å². The van der Waals surface area contributed by atoms with Crippen LogP contribution in [0.25, 0.3) is 0 Å². The van der Waals surface area contributed by atoms with Gasteiger partial charge in [0.15, 0.2) is 5.96 Å². The molecule has 1 aromatic carbocycles. The van der Waals surface area contributed by atoms with Gasteiger partial charge in [-0.3, -0.25) is 9.89 Å². The zero-order valence-electron chi connectivity index (χ0n) is 16.7. The molecule has 0 bridgehead atoms. The highest BCUT2D eigenvalue weighted by atomic mass is 32.2. The van der Waals surface area contributed by atoms with E-state index in [1.165, 1.54) is 12.1 Å². The highest BCUT2D eigenvalue weighted by molar-refractivity contribution is 7.88. The third kappa shape index (κ3) is 8.19. The lowest BCUT2D eigenvalue weighted by atomic mass is 10.1. The van der Waals surface area contributed by atoms with Crippen molar-refractivity contribution in [1.29, 1.82) is 0 Å². The molecular formula is C18H28F3N5O2S. The molecule has 0 unspecified atom stereocenters. The Balaban J connectivity index is 1.85. The highest BCUT2D eigenvalue weighted by Gasteiger charge is 2.30. The summed E-state index contributed by atoms with van der Waals surface area (Å²) >= 11 is 0. The largest absolute Gasteiger partial charge is 0.416 e. The summed E-state index contributed by atoms with van der Waals surface area (Å²) < 4.78 is 62.6. The summed E-state index contributed by atoms with van der Waals surface area (Å²) in [6.45, 7) is 6.80. The molecule has 0 aromatic heterocycles. The maximum absolute atomic E-state index is 12.7. The number of piperazine rings is 1. The van der Waals surface area contributed by atoms with Gasteiger partial charge in [-0.15, -0.1) is 0 Å². The molecular weight excluding hydrogens is 407 g/mol. The van der Waals surface area contributed by atoms with Crippen molar-refractivity contribution in [2.75, 3.05) is 52.1 Å². The number of benzene rings is 1. The molecule has 1 heterocycles. The van der Waals surface area contributed by atoms with Crippen molar-refractivity contribution < 1.29 is 21.6 Å². The second-order valence-corrected chi connectivity index (χ2v) is 8.69. The first kappa shape index (κ1) is 23.4. The van der Waals surface area contributed by atoms with E-state index in [9.17, 15) is 21.6 Å². The standard InChI is InChI=1S/C18H28F3N5O2S/c1-3-22-17(23-8-9-24-29(2,27)28)26-12-10-25(11-13-26)14-15-4-6-16(7-5-15)18(19,20)21/h4-7,24H,3,8-14H2,1-2H3,(H,22,23). The van der Waals surface area contributed by atoms with E-state index < -0.39 is 21.8 Å². The van der Waals surface area contributed by atoms with Gasteiger partial charge in [-0.2, -0.15) is 13.2 Å². The van der Waals surface area contributed by atoms with E-state index in [0.29, 0.717) is 19.6 Å². The van der Waals surface area contributed by atoms with E-state index in [0.717, 1.165) is 56.1 Å². The quantitative estimate of drug-likeness (QED) is 0.384. The monoisotopic (exact) mass is 435 g/mol. The second kappa shape index (κ2) is 10.3. The van der Waals surface area contributed by atoms with Gasteiger partial charge in [0.1, 0.15) is 0 Å². The molecule has 1 aromatic rings. The highest BCUT2D eigenvalue weighted by Crippen LogP contribution is 2.29. The van der Waals surface area contributed by atoms with E-state index in [-0.39, 0.29) is 6.54 Å². The molecule has 0 amide bonds.